The highest BCUT2D eigenvalue weighted by molar-refractivity contribution is 5.53. The van der Waals surface area contributed by atoms with Gasteiger partial charge in [-0.2, -0.15) is 13.2 Å². The number of rotatable bonds is 1. The standard InChI is InChI=1S/C8H7F4NO/c1-14-5-3-2-4(13)6(7(5)9)8(10,11)12/h2-3H,13H2,1H3. The van der Waals surface area contributed by atoms with Crippen LogP contribution in [0.3, 0.4) is 0 Å². The second-order valence-electron chi connectivity index (χ2n) is 2.54. The van der Waals surface area contributed by atoms with Gasteiger partial charge in [-0.25, -0.2) is 4.39 Å². The van der Waals surface area contributed by atoms with Crippen molar-refractivity contribution in [1.29, 1.82) is 0 Å². The molecule has 0 saturated carbocycles. The van der Waals surface area contributed by atoms with E-state index in [2.05, 4.69) is 4.74 Å². The molecule has 0 fully saturated rings. The van der Waals surface area contributed by atoms with E-state index in [0.717, 1.165) is 19.2 Å². The van der Waals surface area contributed by atoms with Crippen LogP contribution in [0.4, 0.5) is 23.2 Å². The Labute approximate surface area is 77.3 Å². The van der Waals surface area contributed by atoms with Gasteiger partial charge in [0.2, 0.25) is 0 Å². The fraction of sp³-hybridized carbons (Fsp3) is 0.250. The first kappa shape index (κ1) is 10.6. The molecular weight excluding hydrogens is 202 g/mol. The van der Waals surface area contributed by atoms with Crippen LogP contribution >= 0.6 is 0 Å². The average Bonchev–Trinajstić information content (AvgIpc) is 2.02. The van der Waals surface area contributed by atoms with Crippen molar-refractivity contribution in [2.75, 3.05) is 12.8 Å². The van der Waals surface area contributed by atoms with Gasteiger partial charge in [-0.15, -0.1) is 0 Å². The maximum Gasteiger partial charge on any atom is 0.421 e. The zero-order chi connectivity index (χ0) is 10.9. The molecule has 0 aliphatic carbocycles. The van der Waals surface area contributed by atoms with Crippen molar-refractivity contribution in [2.24, 2.45) is 0 Å². The Kier molecular flexibility index (Phi) is 2.55. The molecule has 0 radical (unpaired) electrons. The van der Waals surface area contributed by atoms with Crippen LogP contribution in [0.1, 0.15) is 5.56 Å². The van der Waals surface area contributed by atoms with Crippen molar-refractivity contribution in [1.82, 2.24) is 0 Å². The van der Waals surface area contributed by atoms with Gasteiger partial charge in [-0.3, -0.25) is 0 Å². The van der Waals surface area contributed by atoms with E-state index >= 15 is 0 Å². The number of benzene rings is 1. The highest BCUT2D eigenvalue weighted by Gasteiger charge is 2.37. The molecule has 0 saturated heterocycles. The minimum atomic E-state index is -4.82. The minimum absolute atomic E-state index is 0.480. The Morgan fingerprint density at radius 1 is 1.29 bits per heavy atom. The SMILES string of the molecule is COc1ccc(N)c(C(F)(F)F)c1F. The second kappa shape index (κ2) is 3.36. The van der Waals surface area contributed by atoms with Crippen molar-refractivity contribution < 1.29 is 22.3 Å². The fourth-order valence-electron chi connectivity index (χ4n) is 1.02. The van der Waals surface area contributed by atoms with E-state index in [1.807, 2.05) is 0 Å². The van der Waals surface area contributed by atoms with Crippen LogP contribution < -0.4 is 10.5 Å². The molecule has 0 bridgehead atoms. The summed E-state index contributed by atoms with van der Waals surface area (Å²) in [6, 6.07) is 1.99. The highest BCUT2D eigenvalue weighted by Crippen LogP contribution is 2.38. The largest absolute Gasteiger partial charge is 0.494 e. The van der Waals surface area contributed by atoms with E-state index in [0.29, 0.717) is 0 Å². The van der Waals surface area contributed by atoms with Gasteiger partial charge < -0.3 is 10.5 Å². The van der Waals surface area contributed by atoms with E-state index < -0.39 is 29.0 Å². The lowest BCUT2D eigenvalue weighted by Gasteiger charge is -2.12. The van der Waals surface area contributed by atoms with Crippen molar-refractivity contribution in [2.45, 2.75) is 6.18 Å². The summed E-state index contributed by atoms with van der Waals surface area (Å²) in [5.74, 6) is -1.97. The molecule has 6 heteroatoms. The Morgan fingerprint density at radius 3 is 2.29 bits per heavy atom. The van der Waals surface area contributed by atoms with Gasteiger partial charge in [0.05, 0.1) is 7.11 Å². The molecule has 0 atom stereocenters. The molecule has 2 N–H and O–H groups in total. The van der Waals surface area contributed by atoms with Gasteiger partial charge in [-0.1, -0.05) is 0 Å². The Bertz CT molecular complexity index is 348. The Balaban J connectivity index is 3.40. The number of hydrogen-bond donors (Lipinski definition) is 1. The number of nitrogens with two attached hydrogens (primary N) is 1. The lowest BCUT2D eigenvalue weighted by atomic mass is 10.1. The number of alkyl halides is 3. The van der Waals surface area contributed by atoms with Gasteiger partial charge in [0.25, 0.3) is 0 Å². The van der Waals surface area contributed by atoms with Crippen molar-refractivity contribution in [3.05, 3.63) is 23.5 Å². The van der Waals surface area contributed by atoms with E-state index in [1.54, 1.807) is 0 Å². The molecule has 0 aliphatic heterocycles. The van der Waals surface area contributed by atoms with Crippen molar-refractivity contribution in [3.8, 4) is 5.75 Å². The molecule has 0 heterocycles. The van der Waals surface area contributed by atoms with Gasteiger partial charge in [0.15, 0.2) is 11.6 Å². The number of hydrogen-bond acceptors (Lipinski definition) is 2. The minimum Gasteiger partial charge on any atom is -0.494 e. The van der Waals surface area contributed by atoms with Crippen LogP contribution in [0.5, 0.6) is 5.75 Å². The first-order chi connectivity index (χ1) is 6.38. The zero-order valence-electron chi connectivity index (χ0n) is 7.15. The molecule has 2 nitrogen and oxygen atoms in total. The number of methoxy groups -OCH3 is 1. The number of anilines is 1. The fourth-order valence-corrected chi connectivity index (χ4v) is 1.02. The van der Waals surface area contributed by atoms with Crippen LogP contribution in [0, 0.1) is 5.82 Å². The number of ether oxygens (including phenoxy) is 1. The molecule has 0 aliphatic rings. The lowest BCUT2D eigenvalue weighted by molar-refractivity contribution is -0.139. The van der Waals surface area contributed by atoms with E-state index in [4.69, 9.17) is 5.73 Å². The van der Waals surface area contributed by atoms with Crippen LogP contribution in [-0.2, 0) is 6.18 Å². The lowest BCUT2D eigenvalue weighted by Crippen LogP contribution is -2.12. The van der Waals surface area contributed by atoms with Crippen LogP contribution in [-0.4, -0.2) is 7.11 Å². The predicted octanol–water partition coefficient (Wildman–Crippen LogP) is 2.44. The first-order valence-corrected chi connectivity index (χ1v) is 3.57. The molecule has 1 rings (SSSR count). The molecule has 0 unspecified atom stereocenters. The van der Waals surface area contributed by atoms with Crippen LogP contribution in [0.25, 0.3) is 0 Å². The zero-order valence-corrected chi connectivity index (χ0v) is 7.15. The summed E-state index contributed by atoms with van der Waals surface area (Å²) in [5, 5.41) is 0. The third-order valence-corrected chi connectivity index (χ3v) is 1.64. The predicted molar refractivity (Wildman–Crippen MR) is 42.4 cm³/mol. The van der Waals surface area contributed by atoms with E-state index in [9.17, 15) is 17.6 Å². The van der Waals surface area contributed by atoms with Crippen molar-refractivity contribution in [3.63, 3.8) is 0 Å². The summed E-state index contributed by atoms with van der Waals surface area (Å²) in [6.07, 6.45) is -4.82. The summed E-state index contributed by atoms with van der Waals surface area (Å²) in [4.78, 5) is 0. The molecule has 0 spiro atoms. The molecular formula is C8H7F4NO. The van der Waals surface area contributed by atoms with Crippen molar-refractivity contribution >= 4 is 5.69 Å². The smallest absolute Gasteiger partial charge is 0.421 e. The Hall–Kier alpha value is -1.46. The molecule has 14 heavy (non-hydrogen) atoms. The molecule has 78 valence electrons. The summed E-state index contributed by atoms with van der Waals surface area (Å²) < 4.78 is 54.3. The topological polar surface area (TPSA) is 35.2 Å². The summed E-state index contributed by atoms with van der Waals surface area (Å²) in [6.45, 7) is 0. The first-order valence-electron chi connectivity index (χ1n) is 3.57. The third kappa shape index (κ3) is 1.73. The maximum atomic E-state index is 13.1. The summed E-state index contributed by atoms with van der Waals surface area (Å²) >= 11 is 0. The average molecular weight is 209 g/mol. The van der Waals surface area contributed by atoms with E-state index in [1.165, 1.54) is 0 Å². The van der Waals surface area contributed by atoms with Crippen LogP contribution in [0.15, 0.2) is 12.1 Å². The normalized spacial score (nSPS) is 11.5. The van der Waals surface area contributed by atoms with Gasteiger partial charge in [0.1, 0.15) is 5.56 Å². The van der Waals surface area contributed by atoms with Gasteiger partial charge in [-0.05, 0) is 12.1 Å². The highest BCUT2D eigenvalue weighted by atomic mass is 19.4. The monoisotopic (exact) mass is 209 g/mol. The van der Waals surface area contributed by atoms with Crippen LogP contribution in [0.2, 0.25) is 0 Å². The molecule has 1 aromatic carbocycles. The summed E-state index contributed by atoms with van der Waals surface area (Å²) in [7, 11) is 1.08. The molecule has 0 aromatic heterocycles. The number of halogens is 4. The number of nitrogen functional groups attached to an aromatic ring is 1. The van der Waals surface area contributed by atoms with E-state index in [-0.39, 0.29) is 0 Å². The molecule has 0 amide bonds. The third-order valence-electron chi connectivity index (χ3n) is 1.64. The molecule has 1 aromatic rings. The quantitative estimate of drug-likeness (QED) is 0.569. The van der Waals surface area contributed by atoms with Gasteiger partial charge in [0, 0.05) is 5.69 Å². The Morgan fingerprint density at radius 2 is 1.86 bits per heavy atom. The second-order valence-corrected chi connectivity index (χ2v) is 2.54. The summed E-state index contributed by atoms with van der Waals surface area (Å²) in [5.41, 5.74) is 2.87. The van der Waals surface area contributed by atoms with Gasteiger partial charge >= 0.3 is 6.18 Å². The maximum absolute atomic E-state index is 13.1.